The Morgan fingerprint density at radius 2 is 1.57 bits per heavy atom. The summed E-state index contributed by atoms with van der Waals surface area (Å²) in [5, 5.41) is 0. The van der Waals surface area contributed by atoms with Crippen LogP contribution in [0.5, 0.6) is 17.2 Å². The Labute approximate surface area is 180 Å². The zero-order chi connectivity index (χ0) is 22.1. The van der Waals surface area contributed by atoms with Gasteiger partial charge in [0.2, 0.25) is 0 Å². The molecule has 0 aliphatic rings. The smallest absolute Gasteiger partial charge is 0.185 e. The number of ketones is 1. The second-order valence-corrected chi connectivity index (χ2v) is 8.26. The van der Waals surface area contributed by atoms with Gasteiger partial charge in [0.25, 0.3) is 0 Å². The van der Waals surface area contributed by atoms with Crippen LogP contribution in [0.1, 0.15) is 68.9 Å². The summed E-state index contributed by atoms with van der Waals surface area (Å²) in [5.74, 6) is 2.24. The fraction of sp³-hybridized carbons (Fsp3) is 0.423. The highest BCUT2D eigenvalue weighted by Gasteiger charge is 2.23. The molecule has 0 radical (unpaired) electrons. The molecule has 0 amide bonds. The Hall–Kier alpha value is -2.75. The second-order valence-electron chi connectivity index (χ2n) is 8.26. The lowest BCUT2D eigenvalue weighted by Gasteiger charge is -2.26. The molecular weight excluding hydrogens is 376 g/mol. The van der Waals surface area contributed by atoms with Crippen LogP contribution < -0.4 is 14.2 Å². The highest BCUT2D eigenvalue weighted by atomic mass is 16.5. The molecule has 0 atom stereocenters. The van der Waals surface area contributed by atoms with Crippen LogP contribution in [0.4, 0.5) is 0 Å². The van der Waals surface area contributed by atoms with E-state index in [1.807, 2.05) is 18.2 Å². The van der Waals surface area contributed by atoms with Crippen LogP contribution in [0.15, 0.2) is 42.5 Å². The van der Waals surface area contributed by atoms with Gasteiger partial charge >= 0.3 is 0 Å². The monoisotopic (exact) mass is 410 g/mol. The number of ether oxygens (including phenoxy) is 3. The van der Waals surface area contributed by atoms with Crippen LogP contribution in [-0.4, -0.2) is 26.1 Å². The maximum Gasteiger partial charge on any atom is 0.185 e. The highest BCUT2D eigenvalue weighted by molar-refractivity contribution is 6.07. The summed E-state index contributed by atoms with van der Waals surface area (Å²) in [6, 6.07) is 11.1. The summed E-state index contributed by atoms with van der Waals surface area (Å²) in [5.41, 5.74) is 2.46. The summed E-state index contributed by atoms with van der Waals surface area (Å²) < 4.78 is 17.1. The van der Waals surface area contributed by atoms with E-state index in [1.165, 1.54) is 0 Å². The van der Waals surface area contributed by atoms with Gasteiger partial charge in [-0.1, -0.05) is 40.7 Å². The topological polar surface area (TPSA) is 44.8 Å². The predicted octanol–water partition coefficient (Wildman–Crippen LogP) is 6.47. The molecule has 30 heavy (non-hydrogen) atoms. The molecule has 2 aromatic rings. The minimum absolute atomic E-state index is 0.0616. The van der Waals surface area contributed by atoms with E-state index in [9.17, 15) is 4.79 Å². The summed E-state index contributed by atoms with van der Waals surface area (Å²) in [7, 11) is 1.61. The highest BCUT2D eigenvalue weighted by Crippen LogP contribution is 2.38. The van der Waals surface area contributed by atoms with E-state index in [0.717, 1.165) is 41.2 Å². The van der Waals surface area contributed by atoms with E-state index in [1.54, 1.807) is 37.5 Å². The van der Waals surface area contributed by atoms with Crippen molar-refractivity contribution in [3.8, 4) is 17.2 Å². The Morgan fingerprint density at radius 1 is 0.933 bits per heavy atom. The van der Waals surface area contributed by atoms with E-state index in [2.05, 4.69) is 34.6 Å². The number of carbonyl (C=O) groups excluding carboxylic acids is 1. The molecule has 0 N–H and O–H groups in total. The average Bonchev–Trinajstić information content (AvgIpc) is 2.73. The number of allylic oxidation sites excluding steroid dienone is 1. The number of hydrogen-bond acceptors (Lipinski definition) is 4. The molecule has 162 valence electrons. The quantitative estimate of drug-likeness (QED) is 0.333. The SMILES string of the molecule is CCCOc1cc(/C=C/C(=O)c2ccc(OC)cc2)c(C(C)(C)C)c(OCCC)c1. The lowest BCUT2D eigenvalue weighted by molar-refractivity contribution is 0.104. The molecule has 0 unspecified atom stereocenters. The molecule has 2 aromatic carbocycles. The van der Waals surface area contributed by atoms with Gasteiger partial charge in [-0.05, 0) is 60.2 Å². The molecule has 4 heteroatoms. The molecule has 0 fully saturated rings. The van der Waals surface area contributed by atoms with Gasteiger partial charge in [-0.25, -0.2) is 0 Å². The molecule has 0 saturated heterocycles. The van der Waals surface area contributed by atoms with Crippen LogP contribution >= 0.6 is 0 Å². The summed E-state index contributed by atoms with van der Waals surface area (Å²) in [6.07, 6.45) is 5.32. The van der Waals surface area contributed by atoms with Gasteiger partial charge in [0, 0.05) is 17.2 Å². The summed E-state index contributed by atoms with van der Waals surface area (Å²) in [6.45, 7) is 11.9. The van der Waals surface area contributed by atoms with Crippen molar-refractivity contribution in [1.82, 2.24) is 0 Å². The van der Waals surface area contributed by atoms with E-state index >= 15 is 0 Å². The van der Waals surface area contributed by atoms with Gasteiger partial charge < -0.3 is 14.2 Å². The van der Waals surface area contributed by atoms with E-state index < -0.39 is 0 Å². The van der Waals surface area contributed by atoms with Gasteiger partial charge in [-0.15, -0.1) is 0 Å². The molecule has 0 heterocycles. The Kier molecular flexibility index (Phi) is 8.52. The zero-order valence-corrected chi connectivity index (χ0v) is 19.1. The third-order valence-electron chi connectivity index (χ3n) is 4.58. The van der Waals surface area contributed by atoms with Gasteiger partial charge in [-0.2, -0.15) is 0 Å². The third kappa shape index (κ3) is 6.38. The van der Waals surface area contributed by atoms with Crippen molar-refractivity contribution in [2.45, 2.75) is 52.9 Å². The van der Waals surface area contributed by atoms with Crippen LogP contribution in [-0.2, 0) is 5.41 Å². The van der Waals surface area contributed by atoms with Crippen LogP contribution in [0.2, 0.25) is 0 Å². The van der Waals surface area contributed by atoms with Crippen molar-refractivity contribution in [1.29, 1.82) is 0 Å². The third-order valence-corrected chi connectivity index (χ3v) is 4.58. The Bertz CT molecular complexity index is 858. The molecular formula is C26H34O4. The Morgan fingerprint density at radius 3 is 2.13 bits per heavy atom. The molecule has 0 spiro atoms. The lowest BCUT2D eigenvalue weighted by atomic mass is 9.82. The fourth-order valence-corrected chi connectivity index (χ4v) is 3.19. The largest absolute Gasteiger partial charge is 0.497 e. The van der Waals surface area contributed by atoms with Crippen molar-refractivity contribution in [2.24, 2.45) is 0 Å². The minimum Gasteiger partial charge on any atom is -0.497 e. The van der Waals surface area contributed by atoms with Crippen molar-refractivity contribution < 1.29 is 19.0 Å². The molecule has 0 aliphatic carbocycles. The molecule has 4 nitrogen and oxygen atoms in total. The van der Waals surface area contributed by atoms with Gasteiger partial charge in [0.05, 0.1) is 20.3 Å². The van der Waals surface area contributed by atoms with Gasteiger partial charge in [0.15, 0.2) is 5.78 Å². The number of hydrogen-bond donors (Lipinski definition) is 0. The molecule has 2 rings (SSSR count). The van der Waals surface area contributed by atoms with E-state index in [4.69, 9.17) is 14.2 Å². The van der Waals surface area contributed by atoms with Gasteiger partial charge in [-0.3, -0.25) is 4.79 Å². The number of carbonyl (C=O) groups is 1. The van der Waals surface area contributed by atoms with Crippen molar-refractivity contribution >= 4 is 11.9 Å². The molecule has 0 aromatic heterocycles. The first-order valence-corrected chi connectivity index (χ1v) is 10.6. The number of benzene rings is 2. The normalized spacial score (nSPS) is 11.5. The average molecular weight is 411 g/mol. The van der Waals surface area contributed by atoms with Crippen LogP contribution in [0, 0.1) is 0 Å². The second kappa shape index (κ2) is 10.9. The first kappa shape index (κ1) is 23.5. The van der Waals surface area contributed by atoms with Crippen molar-refractivity contribution in [3.63, 3.8) is 0 Å². The first-order chi connectivity index (χ1) is 14.3. The lowest BCUT2D eigenvalue weighted by Crippen LogP contribution is -2.16. The maximum atomic E-state index is 12.7. The molecule has 0 bridgehead atoms. The predicted molar refractivity (Wildman–Crippen MR) is 123 cm³/mol. The summed E-state index contributed by atoms with van der Waals surface area (Å²) in [4.78, 5) is 12.7. The van der Waals surface area contributed by atoms with Crippen LogP contribution in [0.3, 0.4) is 0 Å². The number of methoxy groups -OCH3 is 1. The van der Waals surface area contributed by atoms with E-state index in [0.29, 0.717) is 18.8 Å². The van der Waals surface area contributed by atoms with Crippen molar-refractivity contribution in [3.05, 3.63) is 59.2 Å². The van der Waals surface area contributed by atoms with Gasteiger partial charge in [0.1, 0.15) is 17.2 Å². The summed E-state index contributed by atoms with van der Waals surface area (Å²) >= 11 is 0. The molecule has 0 saturated carbocycles. The van der Waals surface area contributed by atoms with Crippen LogP contribution in [0.25, 0.3) is 6.08 Å². The van der Waals surface area contributed by atoms with E-state index in [-0.39, 0.29) is 11.2 Å². The van der Waals surface area contributed by atoms with Crippen molar-refractivity contribution in [2.75, 3.05) is 20.3 Å². The number of rotatable bonds is 10. The molecule has 0 aliphatic heterocycles. The first-order valence-electron chi connectivity index (χ1n) is 10.6. The maximum absolute atomic E-state index is 12.7. The minimum atomic E-state index is -0.158. The Balaban J connectivity index is 2.45. The standard InChI is InChI=1S/C26H34O4/c1-7-15-29-22-17-20(25(26(3,4)5)24(18-22)30-16-8-2)11-14-23(27)19-9-12-21(28-6)13-10-19/h9-14,17-18H,7-8,15-16H2,1-6H3/b14-11+. The fourth-order valence-electron chi connectivity index (χ4n) is 3.19. The zero-order valence-electron chi connectivity index (χ0n) is 19.1.